The number of aryl methyl sites for hydroxylation is 1. The minimum absolute atomic E-state index is 0.0788. The topological polar surface area (TPSA) is 44.7 Å². The third kappa shape index (κ3) is 4.95. The van der Waals surface area contributed by atoms with Gasteiger partial charge in [0, 0.05) is 31.4 Å². The van der Waals surface area contributed by atoms with E-state index < -0.39 is 0 Å². The molecule has 2 rings (SSSR count). The van der Waals surface area contributed by atoms with Crippen LogP contribution in [0.15, 0.2) is 18.2 Å². The molecule has 1 heterocycles. The number of halogens is 1. The Morgan fingerprint density at radius 2 is 2.10 bits per heavy atom. The molecule has 0 atom stereocenters. The molecule has 1 fully saturated rings. The molecule has 0 unspecified atom stereocenters. The van der Waals surface area contributed by atoms with E-state index in [0.29, 0.717) is 19.3 Å². The van der Waals surface area contributed by atoms with Gasteiger partial charge in [0.05, 0.1) is 19.8 Å². The summed E-state index contributed by atoms with van der Waals surface area (Å²) in [6.07, 6.45) is 2.16. The lowest BCUT2D eigenvalue weighted by molar-refractivity contribution is 0.0921. The van der Waals surface area contributed by atoms with Gasteiger partial charge >= 0.3 is 0 Å². The first kappa shape index (κ1) is 16.2. The molecule has 0 bridgehead atoms. The Morgan fingerprint density at radius 1 is 1.33 bits per heavy atom. The molecule has 21 heavy (non-hydrogen) atoms. The summed E-state index contributed by atoms with van der Waals surface area (Å²) >= 11 is 0. The van der Waals surface area contributed by atoms with Crippen LogP contribution in [0, 0.1) is 12.7 Å². The van der Waals surface area contributed by atoms with Crippen LogP contribution in [0.4, 0.5) is 10.1 Å². The standard InChI is InChI=1S/C16H25FN2O2/c1-13-12-14(17)2-3-16(13)19-7-4-15(5-8-19)18-6-10-21-11-9-20/h2-3,12,15,18,20H,4-11H2,1H3. The van der Waals surface area contributed by atoms with Gasteiger partial charge in [0.1, 0.15) is 5.82 Å². The van der Waals surface area contributed by atoms with Crippen molar-refractivity contribution >= 4 is 5.69 Å². The summed E-state index contributed by atoms with van der Waals surface area (Å²) in [4.78, 5) is 2.33. The summed E-state index contributed by atoms with van der Waals surface area (Å²) in [5, 5.41) is 12.1. The number of hydrogen-bond donors (Lipinski definition) is 2. The lowest BCUT2D eigenvalue weighted by Crippen LogP contribution is -2.43. The Bertz CT molecular complexity index is 434. The van der Waals surface area contributed by atoms with Gasteiger partial charge in [-0.15, -0.1) is 0 Å². The summed E-state index contributed by atoms with van der Waals surface area (Å²) in [5.74, 6) is -0.171. The number of nitrogens with one attached hydrogen (secondary N) is 1. The van der Waals surface area contributed by atoms with Crippen molar-refractivity contribution < 1.29 is 14.2 Å². The number of piperidine rings is 1. The van der Waals surface area contributed by atoms with Gasteiger partial charge in [0.2, 0.25) is 0 Å². The van der Waals surface area contributed by atoms with E-state index in [1.54, 1.807) is 6.07 Å². The molecule has 4 nitrogen and oxygen atoms in total. The molecule has 5 heteroatoms. The first-order chi connectivity index (χ1) is 10.2. The van der Waals surface area contributed by atoms with Gasteiger partial charge in [-0.3, -0.25) is 0 Å². The van der Waals surface area contributed by atoms with Gasteiger partial charge in [-0.2, -0.15) is 0 Å². The minimum Gasteiger partial charge on any atom is -0.394 e. The van der Waals surface area contributed by atoms with Crippen LogP contribution in [-0.4, -0.2) is 50.6 Å². The van der Waals surface area contributed by atoms with E-state index in [1.807, 2.05) is 13.0 Å². The zero-order valence-corrected chi connectivity index (χ0v) is 12.6. The molecule has 1 aromatic rings. The first-order valence-corrected chi connectivity index (χ1v) is 7.64. The molecule has 118 valence electrons. The summed E-state index contributed by atoms with van der Waals surface area (Å²) < 4.78 is 18.4. The Kier molecular flexibility index (Phi) is 6.42. The number of nitrogens with zero attached hydrogens (tertiary/aromatic N) is 1. The largest absolute Gasteiger partial charge is 0.394 e. The van der Waals surface area contributed by atoms with E-state index in [4.69, 9.17) is 9.84 Å². The first-order valence-electron chi connectivity index (χ1n) is 7.64. The predicted octanol–water partition coefficient (Wildman–Crippen LogP) is 1.70. The van der Waals surface area contributed by atoms with Gasteiger partial charge in [-0.25, -0.2) is 4.39 Å². The molecule has 0 aromatic heterocycles. The van der Waals surface area contributed by atoms with Gasteiger partial charge in [0.25, 0.3) is 0 Å². The third-order valence-electron chi connectivity index (χ3n) is 3.91. The third-order valence-corrected chi connectivity index (χ3v) is 3.91. The second kappa shape index (κ2) is 8.32. The number of anilines is 1. The van der Waals surface area contributed by atoms with Crippen molar-refractivity contribution in [2.24, 2.45) is 0 Å². The van der Waals surface area contributed by atoms with Crippen molar-refractivity contribution in [2.75, 3.05) is 44.4 Å². The Labute approximate surface area is 125 Å². The summed E-state index contributed by atoms with van der Waals surface area (Å²) in [7, 11) is 0. The zero-order valence-electron chi connectivity index (χ0n) is 12.6. The van der Waals surface area contributed by atoms with Crippen LogP contribution in [0.3, 0.4) is 0 Å². The molecule has 2 N–H and O–H groups in total. The highest BCUT2D eigenvalue weighted by Crippen LogP contribution is 2.24. The van der Waals surface area contributed by atoms with Crippen LogP contribution in [0.2, 0.25) is 0 Å². The SMILES string of the molecule is Cc1cc(F)ccc1N1CCC(NCCOCCO)CC1. The van der Waals surface area contributed by atoms with Crippen LogP contribution in [-0.2, 0) is 4.74 Å². The van der Waals surface area contributed by atoms with Crippen LogP contribution < -0.4 is 10.2 Å². The number of aliphatic hydroxyl groups is 1. The molecular weight excluding hydrogens is 271 g/mol. The maximum absolute atomic E-state index is 13.1. The van der Waals surface area contributed by atoms with Crippen molar-refractivity contribution in [1.82, 2.24) is 5.32 Å². The Morgan fingerprint density at radius 3 is 2.76 bits per heavy atom. The molecule has 0 amide bonds. The number of ether oxygens (including phenoxy) is 1. The Hall–Kier alpha value is -1.17. The maximum atomic E-state index is 13.1. The fourth-order valence-corrected chi connectivity index (χ4v) is 2.80. The van der Waals surface area contributed by atoms with Crippen molar-refractivity contribution in [2.45, 2.75) is 25.8 Å². The maximum Gasteiger partial charge on any atom is 0.123 e. The van der Waals surface area contributed by atoms with E-state index in [2.05, 4.69) is 10.2 Å². The highest BCUT2D eigenvalue weighted by molar-refractivity contribution is 5.53. The van der Waals surface area contributed by atoms with E-state index in [1.165, 1.54) is 6.07 Å². The molecule has 0 radical (unpaired) electrons. The quantitative estimate of drug-likeness (QED) is 0.752. The average molecular weight is 296 g/mol. The van der Waals surface area contributed by atoms with Crippen molar-refractivity contribution in [1.29, 1.82) is 0 Å². The van der Waals surface area contributed by atoms with Crippen molar-refractivity contribution in [3.05, 3.63) is 29.6 Å². The van der Waals surface area contributed by atoms with Gasteiger partial charge in [-0.05, 0) is 43.5 Å². The fourth-order valence-electron chi connectivity index (χ4n) is 2.80. The summed E-state index contributed by atoms with van der Waals surface area (Å²) in [6.45, 7) is 5.88. The fraction of sp³-hybridized carbons (Fsp3) is 0.625. The van der Waals surface area contributed by atoms with Gasteiger partial charge < -0.3 is 20.1 Å². The number of rotatable bonds is 7. The molecule has 1 saturated heterocycles. The molecule has 1 aromatic carbocycles. The molecule has 0 saturated carbocycles. The lowest BCUT2D eigenvalue weighted by atomic mass is 10.0. The Balaban J connectivity index is 1.73. The molecule has 1 aliphatic heterocycles. The normalized spacial score (nSPS) is 16.4. The molecule has 1 aliphatic rings. The second-order valence-corrected chi connectivity index (χ2v) is 5.48. The number of hydrogen-bond acceptors (Lipinski definition) is 4. The van der Waals surface area contributed by atoms with Crippen LogP contribution in [0.5, 0.6) is 0 Å². The smallest absolute Gasteiger partial charge is 0.123 e. The number of benzene rings is 1. The highest BCUT2D eigenvalue weighted by Gasteiger charge is 2.19. The molecule has 0 spiro atoms. The van der Waals surface area contributed by atoms with Gasteiger partial charge in [-0.1, -0.05) is 0 Å². The van der Waals surface area contributed by atoms with E-state index in [0.717, 1.165) is 43.7 Å². The van der Waals surface area contributed by atoms with E-state index >= 15 is 0 Å². The predicted molar refractivity (Wildman–Crippen MR) is 82.3 cm³/mol. The highest BCUT2D eigenvalue weighted by atomic mass is 19.1. The average Bonchev–Trinajstić information content (AvgIpc) is 2.48. The lowest BCUT2D eigenvalue weighted by Gasteiger charge is -2.35. The van der Waals surface area contributed by atoms with E-state index in [9.17, 15) is 4.39 Å². The van der Waals surface area contributed by atoms with Gasteiger partial charge in [0.15, 0.2) is 0 Å². The van der Waals surface area contributed by atoms with Crippen LogP contribution in [0.25, 0.3) is 0 Å². The summed E-state index contributed by atoms with van der Waals surface area (Å²) in [5.41, 5.74) is 2.14. The molecular formula is C16H25FN2O2. The monoisotopic (exact) mass is 296 g/mol. The number of aliphatic hydroxyl groups excluding tert-OH is 1. The van der Waals surface area contributed by atoms with Crippen LogP contribution >= 0.6 is 0 Å². The van der Waals surface area contributed by atoms with Crippen molar-refractivity contribution in [3.8, 4) is 0 Å². The molecule has 0 aliphatic carbocycles. The minimum atomic E-state index is -0.171. The second-order valence-electron chi connectivity index (χ2n) is 5.48. The van der Waals surface area contributed by atoms with Crippen molar-refractivity contribution in [3.63, 3.8) is 0 Å². The van der Waals surface area contributed by atoms with Crippen LogP contribution in [0.1, 0.15) is 18.4 Å². The van der Waals surface area contributed by atoms with E-state index in [-0.39, 0.29) is 12.4 Å². The zero-order chi connectivity index (χ0) is 15.1. The summed E-state index contributed by atoms with van der Waals surface area (Å²) in [6, 6.07) is 5.52.